The molecule has 1 fully saturated rings. The van der Waals surface area contributed by atoms with Crippen LogP contribution in [0.1, 0.15) is 5.56 Å². The molecule has 3 heterocycles. The first-order valence-corrected chi connectivity index (χ1v) is 8.73. The molecule has 2 aromatic heterocycles. The highest BCUT2D eigenvalue weighted by Gasteiger charge is 2.19. The molecule has 0 amide bonds. The Labute approximate surface area is 152 Å². The van der Waals surface area contributed by atoms with E-state index in [-0.39, 0.29) is 5.82 Å². The Hall–Kier alpha value is -2.86. The van der Waals surface area contributed by atoms with Crippen molar-refractivity contribution in [3.05, 3.63) is 72.4 Å². The van der Waals surface area contributed by atoms with Crippen molar-refractivity contribution in [1.29, 1.82) is 0 Å². The molecule has 0 spiro atoms. The maximum absolute atomic E-state index is 13.3. The highest BCUT2D eigenvalue weighted by molar-refractivity contribution is 5.58. The number of benzene rings is 1. The molecular weight excluding hydrogens is 329 g/mol. The van der Waals surface area contributed by atoms with Crippen molar-refractivity contribution in [2.24, 2.45) is 0 Å². The SMILES string of the molecule is Fc1cccc(CN2CCN(c3nccc(-c4cccnc4)n3)CC2)c1. The largest absolute Gasteiger partial charge is 0.338 e. The van der Waals surface area contributed by atoms with E-state index in [1.165, 1.54) is 6.07 Å². The molecule has 1 aliphatic rings. The number of nitrogens with zero attached hydrogens (tertiary/aromatic N) is 5. The Balaban J connectivity index is 1.40. The quantitative estimate of drug-likeness (QED) is 0.725. The number of hydrogen-bond donors (Lipinski definition) is 0. The van der Waals surface area contributed by atoms with Crippen LogP contribution in [0.25, 0.3) is 11.3 Å². The lowest BCUT2D eigenvalue weighted by molar-refractivity contribution is 0.248. The van der Waals surface area contributed by atoms with Gasteiger partial charge in [-0.3, -0.25) is 9.88 Å². The van der Waals surface area contributed by atoms with Gasteiger partial charge in [0.15, 0.2) is 0 Å². The van der Waals surface area contributed by atoms with Gasteiger partial charge in [0.2, 0.25) is 5.95 Å². The molecular formula is C20H20FN5. The Morgan fingerprint density at radius 1 is 0.962 bits per heavy atom. The maximum atomic E-state index is 13.3. The molecule has 0 aliphatic carbocycles. The molecule has 132 valence electrons. The summed E-state index contributed by atoms with van der Waals surface area (Å²) < 4.78 is 13.3. The fourth-order valence-corrected chi connectivity index (χ4v) is 3.18. The lowest BCUT2D eigenvalue weighted by Crippen LogP contribution is -2.46. The van der Waals surface area contributed by atoms with Crippen molar-refractivity contribution >= 4 is 5.95 Å². The van der Waals surface area contributed by atoms with E-state index in [1.807, 2.05) is 30.5 Å². The number of halogens is 1. The second-order valence-electron chi connectivity index (χ2n) is 6.38. The predicted molar refractivity (Wildman–Crippen MR) is 99.2 cm³/mol. The third-order valence-corrected chi connectivity index (χ3v) is 4.55. The summed E-state index contributed by atoms with van der Waals surface area (Å²) in [6.07, 6.45) is 5.36. The summed E-state index contributed by atoms with van der Waals surface area (Å²) in [6, 6.07) is 12.6. The molecule has 0 radical (unpaired) electrons. The van der Waals surface area contributed by atoms with E-state index < -0.39 is 0 Å². The normalized spacial score (nSPS) is 15.2. The summed E-state index contributed by atoms with van der Waals surface area (Å²) in [5, 5.41) is 0. The number of anilines is 1. The number of aromatic nitrogens is 3. The Morgan fingerprint density at radius 2 is 1.85 bits per heavy atom. The Bertz CT molecular complexity index is 863. The van der Waals surface area contributed by atoms with Gasteiger partial charge in [0.1, 0.15) is 5.82 Å². The van der Waals surface area contributed by atoms with Crippen LogP contribution in [-0.2, 0) is 6.54 Å². The van der Waals surface area contributed by atoms with E-state index in [1.54, 1.807) is 24.5 Å². The molecule has 4 rings (SSSR count). The van der Waals surface area contributed by atoms with Gasteiger partial charge in [0, 0.05) is 56.9 Å². The van der Waals surface area contributed by atoms with Crippen LogP contribution in [-0.4, -0.2) is 46.0 Å². The van der Waals surface area contributed by atoms with Gasteiger partial charge in [-0.15, -0.1) is 0 Å². The summed E-state index contributed by atoms with van der Waals surface area (Å²) in [7, 11) is 0. The van der Waals surface area contributed by atoms with Crippen LogP contribution in [0.4, 0.5) is 10.3 Å². The van der Waals surface area contributed by atoms with Crippen molar-refractivity contribution in [2.45, 2.75) is 6.54 Å². The molecule has 0 unspecified atom stereocenters. The van der Waals surface area contributed by atoms with Crippen LogP contribution in [0, 0.1) is 5.82 Å². The fraction of sp³-hybridized carbons (Fsp3) is 0.250. The molecule has 1 aromatic carbocycles. The maximum Gasteiger partial charge on any atom is 0.225 e. The second-order valence-corrected chi connectivity index (χ2v) is 6.38. The lowest BCUT2D eigenvalue weighted by atomic mass is 10.2. The first kappa shape index (κ1) is 16.6. The van der Waals surface area contributed by atoms with Crippen molar-refractivity contribution in [3.8, 4) is 11.3 Å². The summed E-state index contributed by atoms with van der Waals surface area (Å²) in [4.78, 5) is 17.8. The summed E-state index contributed by atoms with van der Waals surface area (Å²) >= 11 is 0. The molecule has 0 N–H and O–H groups in total. The van der Waals surface area contributed by atoms with E-state index in [0.717, 1.165) is 55.5 Å². The molecule has 1 aliphatic heterocycles. The molecule has 0 atom stereocenters. The van der Waals surface area contributed by atoms with E-state index in [9.17, 15) is 4.39 Å². The number of hydrogen-bond acceptors (Lipinski definition) is 5. The zero-order valence-corrected chi connectivity index (χ0v) is 14.4. The van der Waals surface area contributed by atoms with Gasteiger partial charge in [0.25, 0.3) is 0 Å². The van der Waals surface area contributed by atoms with E-state index in [2.05, 4.69) is 19.8 Å². The predicted octanol–water partition coefficient (Wildman–Crippen LogP) is 3.00. The van der Waals surface area contributed by atoms with E-state index in [4.69, 9.17) is 4.98 Å². The summed E-state index contributed by atoms with van der Waals surface area (Å²) in [5.41, 5.74) is 2.87. The van der Waals surface area contributed by atoms with Crippen LogP contribution in [0.3, 0.4) is 0 Å². The van der Waals surface area contributed by atoms with Crippen molar-refractivity contribution in [2.75, 3.05) is 31.1 Å². The highest BCUT2D eigenvalue weighted by Crippen LogP contribution is 2.19. The molecule has 0 saturated carbocycles. The fourth-order valence-electron chi connectivity index (χ4n) is 3.18. The molecule has 5 nitrogen and oxygen atoms in total. The van der Waals surface area contributed by atoms with Gasteiger partial charge >= 0.3 is 0 Å². The van der Waals surface area contributed by atoms with E-state index in [0.29, 0.717) is 0 Å². The third-order valence-electron chi connectivity index (χ3n) is 4.55. The Kier molecular flexibility index (Phi) is 4.84. The van der Waals surface area contributed by atoms with Gasteiger partial charge in [-0.2, -0.15) is 0 Å². The zero-order chi connectivity index (χ0) is 17.8. The van der Waals surface area contributed by atoms with E-state index >= 15 is 0 Å². The first-order valence-electron chi connectivity index (χ1n) is 8.73. The highest BCUT2D eigenvalue weighted by atomic mass is 19.1. The molecule has 1 saturated heterocycles. The Morgan fingerprint density at radius 3 is 2.62 bits per heavy atom. The monoisotopic (exact) mass is 349 g/mol. The number of rotatable bonds is 4. The molecule has 3 aromatic rings. The molecule has 6 heteroatoms. The lowest BCUT2D eigenvalue weighted by Gasteiger charge is -2.34. The number of piperazine rings is 1. The van der Waals surface area contributed by atoms with Gasteiger partial charge in [-0.25, -0.2) is 14.4 Å². The van der Waals surface area contributed by atoms with Crippen LogP contribution in [0.5, 0.6) is 0 Å². The van der Waals surface area contributed by atoms with Crippen LogP contribution in [0.2, 0.25) is 0 Å². The second kappa shape index (κ2) is 7.58. The number of pyridine rings is 1. The van der Waals surface area contributed by atoms with Gasteiger partial charge in [0.05, 0.1) is 5.69 Å². The topological polar surface area (TPSA) is 45.2 Å². The van der Waals surface area contributed by atoms with Crippen molar-refractivity contribution < 1.29 is 4.39 Å². The van der Waals surface area contributed by atoms with Crippen LogP contribution in [0.15, 0.2) is 61.1 Å². The third kappa shape index (κ3) is 3.86. The van der Waals surface area contributed by atoms with Gasteiger partial charge in [-0.1, -0.05) is 12.1 Å². The minimum atomic E-state index is -0.179. The smallest absolute Gasteiger partial charge is 0.225 e. The summed E-state index contributed by atoms with van der Waals surface area (Å²) in [5.74, 6) is 0.568. The van der Waals surface area contributed by atoms with Crippen molar-refractivity contribution in [3.63, 3.8) is 0 Å². The van der Waals surface area contributed by atoms with Gasteiger partial charge in [-0.05, 0) is 35.9 Å². The standard InChI is InChI=1S/C20H20FN5/c21-18-5-1-3-16(13-18)15-25-9-11-26(12-10-25)20-23-8-6-19(24-20)17-4-2-7-22-14-17/h1-8,13-14H,9-12,15H2. The average Bonchev–Trinajstić information content (AvgIpc) is 2.69. The zero-order valence-electron chi connectivity index (χ0n) is 14.4. The average molecular weight is 349 g/mol. The first-order chi connectivity index (χ1) is 12.8. The van der Waals surface area contributed by atoms with Crippen LogP contribution >= 0.6 is 0 Å². The van der Waals surface area contributed by atoms with Crippen molar-refractivity contribution in [1.82, 2.24) is 19.9 Å². The summed E-state index contributed by atoms with van der Waals surface area (Å²) in [6.45, 7) is 4.27. The van der Waals surface area contributed by atoms with Gasteiger partial charge < -0.3 is 4.90 Å². The minimum Gasteiger partial charge on any atom is -0.338 e. The van der Waals surface area contributed by atoms with Crippen LogP contribution < -0.4 is 4.90 Å². The molecule has 26 heavy (non-hydrogen) atoms. The minimum absolute atomic E-state index is 0.179. The molecule has 0 bridgehead atoms.